The van der Waals surface area contributed by atoms with Crippen LogP contribution in [0.15, 0.2) is 0 Å². The first-order valence-corrected chi connectivity index (χ1v) is 6.04. The van der Waals surface area contributed by atoms with Crippen LogP contribution in [0.5, 0.6) is 0 Å². The molecule has 4 unspecified atom stereocenters. The molecule has 92 valence electrons. The maximum atomic E-state index is 10.1. The first-order chi connectivity index (χ1) is 6.72. The van der Waals surface area contributed by atoms with Gasteiger partial charge in [-0.05, 0) is 26.7 Å². The van der Waals surface area contributed by atoms with Gasteiger partial charge in [0.15, 0.2) is 0 Å². The summed E-state index contributed by atoms with van der Waals surface area (Å²) in [5.41, 5.74) is 0. The van der Waals surface area contributed by atoms with E-state index >= 15 is 0 Å². The normalized spacial score (nSPS) is 24.0. The molecule has 0 radical (unpaired) electrons. The van der Waals surface area contributed by atoms with Crippen molar-refractivity contribution in [3.8, 4) is 0 Å². The van der Waals surface area contributed by atoms with Crippen molar-refractivity contribution in [3.05, 3.63) is 0 Å². The van der Waals surface area contributed by atoms with Crippen LogP contribution in [0.3, 0.4) is 0 Å². The third kappa shape index (κ3) is 3.60. The van der Waals surface area contributed by atoms with Crippen molar-refractivity contribution < 1.29 is 20.4 Å². The van der Waals surface area contributed by atoms with Crippen molar-refractivity contribution in [1.29, 1.82) is 0 Å². The summed E-state index contributed by atoms with van der Waals surface area (Å²) in [6.45, 7) is 6.37. The molecule has 0 aromatic heterocycles. The molecular formula is C10H22O4S. The van der Waals surface area contributed by atoms with Gasteiger partial charge >= 0.3 is 0 Å². The third-order valence-corrected chi connectivity index (χ3v) is 4.64. The zero-order chi connectivity index (χ0) is 12.3. The summed E-state index contributed by atoms with van der Waals surface area (Å²) < 4.78 is 0. The highest BCUT2D eigenvalue weighted by atomic mass is 32.2. The molecule has 0 aliphatic carbocycles. The van der Waals surface area contributed by atoms with E-state index in [1.807, 2.05) is 0 Å². The largest absolute Gasteiger partial charge is 0.389 e. The maximum absolute atomic E-state index is 10.1. The maximum Gasteiger partial charge on any atom is 0.138 e. The van der Waals surface area contributed by atoms with E-state index in [2.05, 4.69) is 0 Å². The lowest BCUT2D eigenvalue weighted by molar-refractivity contribution is -0.0241. The summed E-state index contributed by atoms with van der Waals surface area (Å²) >= 11 is 0.822. The van der Waals surface area contributed by atoms with E-state index in [1.54, 1.807) is 13.8 Å². The molecule has 5 heteroatoms. The number of hydrogen-bond acceptors (Lipinski definition) is 5. The molecule has 15 heavy (non-hydrogen) atoms. The molecule has 4 nitrogen and oxygen atoms in total. The van der Waals surface area contributed by atoms with Gasteiger partial charge in [0.2, 0.25) is 0 Å². The van der Waals surface area contributed by atoms with Crippen molar-refractivity contribution in [3.63, 3.8) is 0 Å². The number of aliphatic hydroxyl groups excluding tert-OH is 2. The smallest absolute Gasteiger partial charge is 0.138 e. The van der Waals surface area contributed by atoms with E-state index in [0.717, 1.165) is 11.8 Å². The Morgan fingerprint density at radius 2 is 1.20 bits per heavy atom. The van der Waals surface area contributed by atoms with Crippen LogP contribution in [0.4, 0.5) is 0 Å². The van der Waals surface area contributed by atoms with Crippen molar-refractivity contribution in [2.75, 3.05) is 0 Å². The highest BCUT2D eigenvalue weighted by Crippen LogP contribution is 2.41. The Morgan fingerprint density at radius 1 is 0.933 bits per heavy atom. The SMILES string of the molecule is CCC(O)(SC(O)(CC)C(C)O)C(C)O. The first kappa shape index (κ1) is 15.2. The molecule has 0 aliphatic rings. The van der Waals surface area contributed by atoms with E-state index in [-0.39, 0.29) is 0 Å². The molecule has 0 fully saturated rings. The molecule has 0 saturated carbocycles. The number of hydrogen-bond donors (Lipinski definition) is 4. The topological polar surface area (TPSA) is 80.9 Å². The van der Waals surface area contributed by atoms with Crippen LogP contribution in [0.2, 0.25) is 0 Å². The van der Waals surface area contributed by atoms with Gasteiger partial charge in [-0.25, -0.2) is 0 Å². The third-order valence-electron chi connectivity index (χ3n) is 2.67. The van der Waals surface area contributed by atoms with Gasteiger partial charge in [-0.2, -0.15) is 0 Å². The molecule has 0 aromatic rings. The van der Waals surface area contributed by atoms with Crippen molar-refractivity contribution >= 4 is 11.8 Å². The summed E-state index contributed by atoms with van der Waals surface area (Å²) in [6.07, 6.45) is -1.34. The summed E-state index contributed by atoms with van der Waals surface area (Å²) in [7, 11) is 0. The van der Waals surface area contributed by atoms with Crippen molar-refractivity contribution in [2.45, 2.75) is 62.6 Å². The van der Waals surface area contributed by atoms with Gasteiger partial charge in [0.1, 0.15) is 9.87 Å². The molecule has 0 amide bonds. The molecule has 0 heterocycles. The summed E-state index contributed by atoms with van der Waals surface area (Å²) in [5.74, 6) is 0. The van der Waals surface area contributed by atoms with Crippen LogP contribution >= 0.6 is 11.8 Å². The van der Waals surface area contributed by atoms with Gasteiger partial charge in [0, 0.05) is 0 Å². The lowest BCUT2D eigenvalue weighted by Crippen LogP contribution is -2.46. The Bertz CT molecular complexity index is 178. The monoisotopic (exact) mass is 238 g/mol. The van der Waals surface area contributed by atoms with Gasteiger partial charge in [-0.15, -0.1) is 0 Å². The van der Waals surface area contributed by atoms with Crippen molar-refractivity contribution in [1.82, 2.24) is 0 Å². The fourth-order valence-electron chi connectivity index (χ4n) is 1.21. The van der Waals surface area contributed by atoms with Gasteiger partial charge in [0.25, 0.3) is 0 Å². The molecule has 0 aromatic carbocycles. The van der Waals surface area contributed by atoms with Crippen LogP contribution in [-0.4, -0.2) is 42.5 Å². The van der Waals surface area contributed by atoms with Gasteiger partial charge in [0.05, 0.1) is 12.2 Å². The highest BCUT2D eigenvalue weighted by molar-refractivity contribution is 8.01. The van der Waals surface area contributed by atoms with Crippen LogP contribution in [0.1, 0.15) is 40.5 Å². The highest BCUT2D eigenvalue weighted by Gasteiger charge is 2.43. The van der Waals surface area contributed by atoms with Gasteiger partial charge in [-0.1, -0.05) is 25.6 Å². The second-order valence-electron chi connectivity index (χ2n) is 3.85. The fourth-order valence-corrected chi connectivity index (χ4v) is 2.45. The van der Waals surface area contributed by atoms with Gasteiger partial charge < -0.3 is 20.4 Å². The first-order valence-electron chi connectivity index (χ1n) is 5.23. The average molecular weight is 238 g/mol. The van der Waals surface area contributed by atoms with E-state index in [4.69, 9.17) is 0 Å². The number of rotatable bonds is 6. The molecule has 0 saturated heterocycles. The Labute approximate surface area is 95.3 Å². The predicted octanol–water partition coefficient (Wildman–Crippen LogP) is 0.678. The zero-order valence-corrected chi connectivity index (χ0v) is 10.6. The molecule has 0 rings (SSSR count). The minimum absolute atomic E-state index is 0.296. The summed E-state index contributed by atoms with van der Waals surface area (Å²) in [5, 5.41) is 39.0. The van der Waals surface area contributed by atoms with Crippen molar-refractivity contribution in [2.24, 2.45) is 0 Å². The molecule has 4 atom stereocenters. The Hall–Kier alpha value is 0.190. The Kier molecular flexibility index (Phi) is 5.57. The minimum Gasteiger partial charge on any atom is -0.389 e. The van der Waals surface area contributed by atoms with E-state index in [0.29, 0.717) is 12.8 Å². The van der Waals surface area contributed by atoms with Crippen LogP contribution in [-0.2, 0) is 0 Å². The molecule has 0 spiro atoms. The molecular weight excluding hydrogens is 216 g/mol. The predicted molar refractivity (Wildman–Crippen MR) is 61.4 cm³/mol. The number of thioether (sulfide) groups is 1. The second-order valence-corrected chi connectivity index (χ2v) is 5.47. The fraction of sp³-hybridized carbons (Fsp3) is 1.00. The zero-order valence-electron chi connectivity index (χ0n) is 9.77. The van der Waals surface area contributed by atoms with E-state index in [1.165, 1.54) is 13.8 Å². The molecule has 4 N–H and O–H groups in total. The van der Waals surface area contributed by atoms with E-state index < -0.39 is 22.1 Å². The lowest BCUT2D eigenvalue weighted by atomic mass is 10.1. The average Bonchev–Trinajstić information content (AvgIpc) is 2.16. The number of aliphatic hydroxyl groups is 4. The quantitative estimate of drug-likeness (QED) is 0.512. The molecule has 0 aliphatic heterocycles. The summed E-state index contributed by atoms with van der Waals surface area (Å²) in [4.78, 5) is -2.86. The second kappa shape index (κ2) is 5.50. The molecule has 0 bridgehead atoms. The minimum atomic E-state index is -1.43. The van der Waals surface area contributed by atoms with Gasteiger partial charge in [-0.3, -0.25) is 0 Å². The Balaban J connectivity index is 4.79. The Morgan fingerprint density at radius 3 is 1.33 bits per heavy atom. The standard InChI is InChI=1S/C10H22O4S/c1-5-9(13,7(3)11)15-10(14,6-2)8(4)12/h7-8,11-14H,5-6H2,1-4H3. The lowest BCUT2D eigenvalue weighted by Gasteiger charge is -2.39. The van der Waals surface area contributed by atoms with Crippen LogP contribution in [0.25, 0.3) is 0 Å². The van der Waals surface area contributed by atoms with Crippen LogP contribution < -0.4 is 0 Å². The van der Waals surface area contributed by atoms with E-state index in [9.17, 15) is 20.4 Å². The summed E-state index contributed by atoms with van der Waals surface area (Å²) in [6, 6.07) is 0. The van der Waals surface area contributed by atoms with Crippen LogP contribution in [0, 0.1) is 0 Å².